The van der Waals surface area contributed by atoms with Crippen molar-refractivity contribution in [2.75, 3.05) is 13.1 Å². The summed E-state index contributed by atoms with van der Waals surface area (Å²) in [6, 6.07) is 0.206. The summed E-state index contributed by atoms with van der Waals surface area (Å²) in [5.41, 5.74) is 0. The maximum Gasteiger partial charge on any atom is 0.225 e. The summed E-state index contributed by atoms with van der Waals surface area (Å²) in [4.78, 5) is 16.3. The second-order valence-electron chi connectivity index (χ2n) is 5.08. The predicted octanol–water partition coefficient (Wildman–Crippen LogP) is -0.509. The van der Waals surface area contributed by atoms with Crippen molar-refractivity contribution in [1.29, 1.82) is 0 Å². The lowest BCUT2D eigenvalue weighted by molar-refractivity contribution is -0.127. The monoisotopic (exact) mass is 249 g/mol. The highest BCUT2D eigenvalue weighted by Gasteiger charge is 2.28. The molecule has 18 heavy (non-hydrogen) atoms. The summed E-state index contributed by atoms with van der Waals surface area (Å²) in [5, 5.41) is 10.7. The number of amides is 1. The van der Waals surface area contributed by atoms with Gasteiger partial charge in [-0.3, -0.25) is 4.79 Å². The lowest BCUT2D eigenvalue weighted by Crippen LogP contribution is -2.53. The van der Waals surface area contributed by atoms with E-state index in [-0.39, 0.29) is 17.9 Å². The van der Waals surface area contributed by atoms with Crippen LogP contribution in [-0.4, -0.2) is 39.8 Å². The van der Waals surface area contributed by atoms with Crippen LogP contribution >= 0.6 is 0 Å². The first-order valence-electron chi connectivity index (χ1n) is 6.70. The summed E-state index contributed by atoms with van der Waals surface area (Å²) >= 11 is 0. The van der Waals surface area contributed by atoms with E-state index in [0.29, 0.717) is 0 Å². The minimum atomic E-state index is 0.161. The van der Waals surface area contributed by atoms with Crippen LogP contribution in [0, 0.1) is 5.92 Å². The van der Waals surface area contributed by atoms with Gasteiger partial charge in [0.2, 0.25) is 5.91 Å². The fourth-order valence-electron chi connectivity index (χ4n) is 2.42. The predicted molar refractivity (Wildman–Crippen MR) is 66.0 cm³/mol. The first-order chi connectivity index (χ1) is 8.76. The van der Waals surface area contributed by atoms with Gasteiger partial charge in [-0.2, -0.15) is 5.10 Å². The van der Waals surface area contributed by atoms with E-state index >= 15 is 0 Å². The number of rotatable bonds is 3. The molecule has 1 amide bonds. The molecule has 1 unspecified atom stereocenters. The molecule has 2 N–H and O–H groups in total. The van der Waals surface area contributed by atoms with Crippen molar-refractivity contribution in [3.8, 4) is 0 Å². The Bertz CT molecular complexity index is 451. The van der Waals surface area contributed by atoms with E-state index in [1.54, 1.807) is 0 Å². The number of carbonyl (C=O) groups is 1. The molecule has 3 heterocycles. The fraction of sp³-hybridized carbons (Fsp3) is 0.750. The highest BCUT2D eigenvalue weighted by Crippen LogP contribution is 2.14. The van der Waals surface area contributed by atoms with E-state index in [0.717, 1.165) is 50.5 Å². The molecule has 1 fully saturated rings. The summed E-state index contributed by atoms with van der Waals surface area (Å²) in [6.07, 6.45) is 2.74. The Labute approximate surface area is 106 Å². The highest BCUT2D eigenvalue weighted by molar-refractivity contribution is 5.80. The number of hydrogen-bond acceptors (Lipinski definition) is 4. The van der Waals surface area contributed by atoms with Crippen LogP contribution in [0.4, 0.5) is 0 Å². The van der Waals surface area contributed by atoms with Crippen molar-refractivity contribution in [3.63, 3.8) is 0 Å². The fourth-order valence-corrected chi connectivity index (χ4v) is 2.42. The van der Waals surface area contributed by atoms with Crippen LogP contribution in [0.3, 0.4) is 0 Å². The Kier molecular flexibility index (Phi) is 3.03. The second-order valence-corrected chi connectivity index (χ2v) is 5.08. The minimum absolute atomic E-state index is 0.161. The van der Waals surface area contributed by atoms with Crippen LogP contribution in [-0.2, 0) is 24.2 Å². The van der Waals surface area contributed by atoms with Crippen molar-refractivity contribution >= 4 is 5.91 Å². The van der Waals surface area contributed by atoms with Gasteiger partial charge in [0.1, 0.15) is 5.82 Å². The first kappa shape index (κ1) is 11.6. The minimum Gasteiger partial charge on any atom is -0.351 e. The lowest BCUT2D eigenvalue weighted by atomic mass is 10.0. The normalized spacial score (nSPS) is 23.3. The highest BCUT2D eigenvalue weighted by atomic mass is 16.2. The molecule has 0 spiro atoms. The molecule has 6 nitrogen and oxygen atoms in total. The van der Waals surface area contributed by atoms with Crippen LogP contribution in [0.5, 0.6) is 0 Å². The average molecular weight is 249 g/mol. The van der Waals surface area contributed by atoms with Gasteiger partial charge in [0.15, 0.2) is 5.82 Å². The van der Waals surface area contributed by atoms with Gasteiger partial charge in [-0.25, -0.2) is 9.67 Å². The van der Waals surface area contributed by atoms with Crippen LogP contribution in [0.1, 0.15) is 25.0 Å². The quantitative estimate of drug-likeness (QED) is 0.757. The molecule has 3 rings (SSSR count). The van der Waals surface area contributed by atoms with Crippen LogP contribution in [0.2, 0.25) is 0 Å². The summed E-state index contributed by atoms with van der Waals surface area (Å²) in [7, 11) is 0. The van der Waals surface area contributed by atoms with Crippen molar-refractivity contribution in [2.45, 2.75) is 38.8 Å². The zero-order chi connectivity index (χ0) is 12.5. The molecule has 6 heteroatoms. The molecule has 0 aromatic carbocycles. The maximum atomic E-state index is 11.9. The average Bonchev–Trinajstić information content (AvgIpc) is 2.68. The van der Waals surface area contributed by atoms with Crippen LogP contribution in [0.15, 0.2) is 0 Å². The third-order valence-electron chi connectivity index (χ3n) is 3.72. The van der Waals surface area contributed by atoms with Gasteiger partial charge >= 0.3 is 0 Å². The van der Waals surface area contributed by atoms with E-state index in [4.69, 9.17) is 0 Å². The molecule has 1 saturated heterocycles. The molecule has 2 aliphatic heterocycles. The number of hydrogen-bond donors (Lipinski definition) is 2. The second kappa shape index (κ2) is 4.68. The SMILES string of the molecule is CCc1nc2n(n1)CC(NC(=O)C1CNC1)CC2. The third kappa shape index (κ3) is 2.12. The zero-order valence-electron chi connectivity index (χ0n) is 10.6. The Morgan fingerprint density at radius 1 is 1.56 bits per heavy atom. The van der Waals surface area contributed by atoms with Gasteiger partial charge in [-0.05, 0) is 6.42 Å². The largest absolute Gasteiger partial charge is 0.351 e. The Morgan fingerprint density at radius 2 is 2.39 bits per heavy atom. The zero-order valence-corrected chi connectivity index (χ0v) is 10.6. The first-order valence-corrected chi connectivity index (χ1v) is 6.70. The smallest absolute Gasteiger partial charge is 0.225 e. The van der Waals surface area contributed by atoms with E-state index < -0.39 is 0 Å². The Hall–Kier alpha value is -1.43. The maximum absolute atomic E-state index is 11.9. The van der Waals surface area contributed by atoms with Crippen molar-refractivity contribution in [1.82, 2.24) is 25.4 Å². The van der Waals surface area contributed by atoms with Gasteiger partial charge in [0.25, 0.3) is 0 Å². The van der Waals surface area contributed by atoms with Gasteiger partial charge in [-0.1, -0.05) is 6.92 Å². The molecule has 0 radical (unpaired) electrons. The lowest BCUT2D eigenvalue weighted by Gasteiger charge is -2.30. The van der Waals surface area contributed by atoms with Crippen LogP contribution in [0.25, 0.3) is 0 Å². The van der Waals surface area contributed by atoms with Gasteiger partial charge in [0, 0.05) is 32.0 Å². The number of aromatic nitrogens is 3. The van der Waals surface area contributed by atoms with E-state index in [9.17, 15) is 4.79 Å². The molecule has 98 valence electrons. The van der Waals surface area contributed by atoms with E-state index in [1.807, 2.05) is 4.68 Å². The van der Waals surface area contributed by atoms with E-state index in [2.05, 4.69) is 27.6 Å². The molecule has 1 aromatic rings. The molecule has 1 aromatic heterocycles. The van der Waals surface area contributed by atoms with Crippen molar-refractivity contribution in [2.24, 2.45) is 5.92 Å². The number of carbonyl (C=O) groups excluding carboxylic acids is 1. The Morgan fingerprint density at radius 3 is 3.06 bits per heavy atom. The van der Waals surface area contributed by atoms with Crippen LogP contribution < -0.4 is 10.6 Å². The molecular formula is C12H19N5O. The summed E-state index contributed by atoms with van der Waals surface area (Å²) < 4.78 is 1.95. The molecular weight excluding hydrogens is 230 g/mol. The Balaban J connectivity index is 1.61. The number of fused-ring (bicyclic) bond motifs is 1. The molecule has 0 saturated carbocycles. The number of nitrogens with one attached hydrogen (secondary N) is 2. The number of aryl methyl sites for hydroxylation is 2. The molecule has 0 aliphatic carbocycles. The molecule has 1 atom stereocenters. The summed E-state index contributed by atoms with van der Waals surface area (Å²) in [6.45, 7) is 4.44. The van der Waals surface area contributed by atoms with Gasteiger partial charge in [-0.15, -0.1) is 0 Å². The third-order valence-corrected chi connectivity index (χ3v) is 3.72. The molecule has 2 aliphatic rings. The summed E-state index contributed by atoms with van der Waals surface area (Å²) in [5.74, 6) is 2.30. The van der Waals surface area contributed by atoms with E-state index in [1.165, 1.54) is 0 Å². The van der Waals surface area contributed by atoms with Crippen molar-refractivity contribution in [3.05, 3.63) is 11.6 Å². The standard InChI is InChI=1S/C12H19N5O/c1-2-10-15-11-4-3-9(7-17(11)16-10)14-12(18)8-5-13-6-8/h8-9,13H,2-7H2,1H3,(H,14,18). The van der Waals surface area contributed by atoms with Gasteiger partial charge < -0.3 is 10.6 Å². The molecule has 0 bridgehead atoms. The van der Waals surface area contributed by atoms with Gasteiger partial charge in [0.05, 0.1) is 12.5 Å². The van der Waals surface area contributed by atoms with Crippen molar-refractivity contribution < 1.29 is 4.79 Å². The topological polar surface area (TPSA) is 71.8 Å². The number of nitrogens with zero attached hydrogens (tertiary/aromatic N) is 3.